The van der Waals surface area contributed by atoms with Crippen molar-refractivity contribution >= 4 is 0 Å². The molecule has 1 atom stereocenters. The molecule has 0 fully saturated rings. The largest absolute Gasteiger partial charge is 0.481 e. The third kappa shape index (κ3) is 4.88. The van der Waals surface area contributed by atoms with Crippen LogP contribution in [0.4, 0.5) is 0 Å². The van der Waals surface area contributed by atoms with Gasteiger partial charge in [0.15, 0.2) is 0 Å². The van der Waals surface area contributed by atoms with Crippen molar-refractivity contribution in [1.29, 1.82) is 0 Å². The Kier molecular flexibility index (Phi) is 6.13. The summed E-state index contributed by atoms with van der Waals surface area (Å²) in [5.41, 5.74) is 1.20. The van der Waals surface area contributed by atoms with Crippen molar-refractivity contribution in [2.24, 2.45) is 0 Å². The van der Waals surface area contributed by atoms with Crippen LogP contribution in [-0.4, -0.2) is 24.7 Å². The molecule has 1 heterocycles. The fourth-order valence-corrected chi connectivity index (χ4v) is 1.76. The number of hydrogen-bond acceptors (Lipinski definition) is 3. The summed E-state index contributed by atoms with van der Waals surface area (Å²) in [6.07, 6.45) is 9.91. The minimum absolute atomic E-state index is 0.422. The first-order valence-electron chi connectivity index (χ1n) is 5.96. The van der Waals surface area contributed by atoms with E-state index in [0.29, 0.717) is 11.9 Å². The van der Waals surface area contributed by atoms with E-state index >= 15 is 0 Å². The second-order valence-electron chi connectivity index (χ2n) is 3.91. The molecule has 0 aliphatic carbocycles. The molecule has 1 N–H and O–H groups in total. The normalized spacial score (nSPS) is 11.8. The summed E-state index contributed by atoms with van der Waals surface area (Å²) in [7, 11) is 1.62. The Morgan fingerprint density at radius 2 is 2.35 bits per heavy atom. The van der Waals surface area contributed by atoms with Crippen LogP contribution in [0.3, 0.4) is 0 Å². The molecule has 0 aliphatic rings. The summed E-state index contributed by atoms with van der Waals surface area (Å²) < 4.78 is 5.03. The minimum atomic E-state index is 0.422. The molecule has 0 aliphatic heterocycles. The van der Waals surface area contributed by atoms with Crippen LogP contribution < -0.4 is 10.1 Å². The molecule has 0 bridgehead atoms. The zero-order chi connectivity index (χ0) is 12.5. The lowest BCUT2D eigenvalue weighted by molar-refractivity contribution is 0.397. The molecular weight excluding hydrogens is 212 g/mol. The predicted molar refractivity (Wildman–Crippen MR) is 70.0 cm³/mol. The molecule has 1 unspecified atom stereocenters. The van der Waals surface area contributed by atoms with Gasteiger partial charge in [0, 0.05) is 24.7 Å². The number of nitrogens with zero attached hydrogens (tertiary/aromatic N) is 1. The van der Waals surface area contributed by atoms with Crippen LogP contribution in [0.25, 0.3) is 0 Å². The van der Waals surface area contributed by atoms with Crippen LogP contribution in [-0.2, 0) is 6.42 Å². The van der Waals surface area contributed by atoms with Crippen molar-refractivity contribution in [1.82, 2.24) is 10.3 Å². The van der Waals surface area contributed by atoms with Gasteiger partial charge in [-0.15, -0.1) is 12.3 Å². The highest BCUT2D eigenvalue weighted by molar-refractivity contribution is 5.18. The summed E-state index contributed by atoms with van der Waals surface area (Å²) >= 11 is 0. The van der Waals surface area contributed by atoms with Crippen molar-refractivity contribution in [3.63, 3.8) is 0 Å². The molecule has 1 aromatic rings. The van der Waals surface area contributed by atoms with Gasteiger partial charge in [-0.25, -0.2) is 4.98 Å². The van der Waals surface area contributed by atoms with Gasteiger partial charge in [0.25, 0.3) is 0 Å². The maximum absolute atomic E-state index is 5.30. The number of aromatic nitrogens is 1. The van der Waals surface area contributed by atoms with Crippen LogP contribution in [0.1, 0.15) is 25.3 Å². The number of ether oxygens (including phenoxy) is 1. The zero-order valence-electron chi connectivity index (χ0n) is 10.6. The van der Waals surface area contributed by atoms with Gasteiger partial charge in [0.2, 0.25) is 5.88 Å². The summed E-state index contributed by atoms with van der Waals surface area (Å²) in [4.78, 5) is 4.20. The Hall–Kier alpha value is -1.53. The molecule has 17 heavy (non-hydrogen) atoms. The lowest BCUT2D eigenvalue weighted by Crippen LogP contribution is -2.30. The predicted octanol–water partition coefficient (Wildman–Crippen LogP) is 2.02. The van der Waals surface area contributed by atoms with Crippen molar-refractivity contribution in [3.8, 4) is 18.2 Å². The Morgan fingerprint density at radius 3 is 2.88 bits per heavy atom. The van der Waals surface area contributed by atoms with Gasteiger partial charge in [0.1, 0.15) is 0 Å². The molecule has 0 spiro atoms. The highest BCUT2D eigenvalue weighted by atomic mass is 16.5. The van der Waals surface area contributed by atoms with Gasteiger partial charge in [0.05, 0.1) is 7.11 Å². The van der Waals surface area contributed by atoms with E-state index in [1.165, 1.54) is 5.56 Å². The first-order valence-corrected chi connectivity index (χ1v) is 5.96. The Bertz CT molecular complexity index is 353. The molecule has 1 rings (SSSR count). The molecule has 0 radical (unpaired) electrons. The zero-order valence-corrected chi connectivity index (χ0v) is 10.6. The second kappa shape index (κ2) is 7.70. The van der Waals surface area contributed by atoms with Gasteiger partial charge >= 0.3 is 0 Å². The van der Waals surface area contributed by atoms with E-state index in [4.69, 9.17) is 11.2 Å². The van der Waals surface area contributed by atoms with Crippen molar-refractivity contribution in [2.45, 2.75) is 32.2 Å². The molecule has 0 saturated heterocycles. The SMILES string of the molecule is C#CCCC(Cc1ccc(OC)nc1)NCC. The maximum atomic E-state index is 5.30. The Morgan fingerprint density at radius 1 is 1.53 bits per heavy atom. The van der Waals surface area contributed by atoms with Crippen molar-refractivity contribution < 1.29 is 4.74 Å². The van der Waals surface area contributed by atoms with E-state index < -0.39 is 0 Å². The van der Waals surface area contributed by atoms with E-state index in [9.17, 15) is 0 Å². The third-order valence-corrected chi connectivity index (χ3v) is 2.62. The first-order chi connectivity index (χ1) is 8.30. The molecule has 0 aromatic carbocycles. The average molecular weight is 232 g/mol. The smallest absolute Gasteiger partial charge is 0.212 e. The van der Waals surface area contributed by atoms with Crippen LogP contribution in [0, 0.1) is 12.3 Å². The first kappa shape index (κ1) is 13.5. The van der Waals surface area contributed by atoms with E-state index in [0.717, 1.165) is 25.8 Å². The minimum Gasteiger partial charge on any atom is -0.481 e. The van der Waals surface area contributed by atoms with Crippen LogP contribution in [0.15, 0.2) is 18.3 Å². The summed E-state index contributed by atoms with van der Waals surface area (Å²) in [6, 6.07) is 4.36. The van der Waals surface area contributed by atoms with Gasteiger partial charge < -0.3 is 10.1 Å². The monoisotopic (exact) mass is 232 g/mol. The Labute approximate surface area is 104 Å². The summed E-state index contributed by atoms with van der Waals surface area (Å²) in [6.45, 7) is 3.06. The van der Waals surface area contributed by atoms with E-state index in [2.05, 4.69) is 23.1 Å². The lowest BCUT2D eigenvalue weighted by Gasteiger charge is -2.16. The molecule has 3 heteroatoms. The molecule has 92 valence electrons. The fraction of sp³-hybridized carbons (Fsp3) is 0.500. The molecule has 3 nitrogen and oxygen atoms in total. The average Bonchev–Trinajstić information content (AvgIpc) is 2.37. The fourth-order valence-electron chi connectivity index (χ4n) is 1.76. The number of terminal acetylenes is 1. The van der Waals surface area contributed by atoms with Crippen molar-refractivity contribution in [3.05, 3.63) is 23.9 Å². The Balaban J connectivity index is 2.55. The highest BCUT2D eigenvalue weighted by Crippen LogP contribution is 2.10. The number of hydrogen-bond donors (Lipinski definition) is 1. The molecule has 0 amide bonds. The van der Waals surface area contributed by atoms with Gasteiger partial charge in [-0.05, 0) is 24.9 Å². The third-order valence-electron chi connectivity index (χ3n) is 2.62. The number of pyridine rings is 1. The number of rotatable bonds is 7. The standard InChI is InChI=1S/C14H20N2O/c1-4-6-7-13(15-5-2)10-12-8-9-14(17-3)16-11-12/h1,8-9,11,13,15H,5-7,10H2,2-3H3. The van der Waals surface area contributed by atoms with Gasteiger partial charge in [-0.2, -0.15) is 0 Å². The highest BCUT2D eigenvalue weighted by Gasteiger charge is 2.08. The number of nitrogens with one attached hydrogen (secondary N) is 1. The van der Waals surface area contributed by atoms with Crippen LogP contribution in [0.5, 0.6) is 5.88 Å². The molecule has 0 saturated carbocycles. The number of methoxy groups -OCH3 is 1. The van der Waals surface area contributed by atoms with Crippen LogP contribution in [0.2, 0.25) is 0 Å². The van der Waals surface area contributed by atoms with Crippen molar-refractivity contribution in [2.75, 3.05) is 13.7 Å². The van der Waals surface area contributed by atoms with Gasteiger partial charge in [-0.3, -0.25) is 0 Å². The maximum Gasteiger partial charge on any atom is 0.212 e. The van der Waals surface area contributed by atoms with E-state index in [-0.39, 0.29) is 0 Å². The lowest BCUT2D eigenvalue weighted by atomic mass is 10.0. The van der Waals surface area contributed by atoms with E-state index in [1.807, 2.05) is 18.3 Å². The number of likely N-dealkylation sites (N-methyl/N-ethyl adjacent to an activating group) is 1. The van der Waals surface area contributed by atoms with E-state index in [1.54, 1.807) is 7.11 Å². The summed E-state index contributed by atoms with van der Waals surface area (Å²) in [5, 5.41) is 3.44. The molecular formula is C14H20N2O. The molecule has 1 aromatic heterocycles. The summed E-state index contributed by atoms with van der Waals surface area (Å²) in [5.74, 6) is 3.34. The topological polar surface area (TPSA) is 34.1 Å². The quantitative estimate of drug-likeness (QED) is 0.730. The van der Waals surface area contributed by atoms with Crippen LogP contribution >= 0.6 is 0 Å². The second-order valence-corrected chi connectivity index (χ2v) is 3.91. The van der Waals surface area contributed by atoms with Gasteiger partial charge in [-0.1, -0.05) is 13.0 Å².